The molecule has 144 valence electrons. The largest absolute Gasteiger partial charge is 0.493 e. The highest BCUT2D eigenvalue weighted by Crippen LogP contribution is 2.42. The number of aliphatic hydroxyl groups is 1. The molecule has 2 aromatic carbocycles. The molecule has 0 bridgehead atoms. The maximum absolute atomic E-state index is 9.94. The normalized spacial score (nSPS) is 25.3. The van der Waals surface area contributed by atoms with Crippen molar-refractivity contribution in [2.75, 3.05) is 39.5 Å². The first kappa shape index (κ1) is 18.5. The summed E-state index contributed by atoms with van der Waals surface area (Å²) in [5, 5.41) is 9.94. The van der Waals surface area contributed by atoms with Crippen LogP contribution in [0.3, 0.4) is 0 Å². The molecule has 0 unspecified atom stereocenters. The molecule has 2 heterocycles. The molecule has 0 spiro atoms. The molecule has 0 saturated carbocycles. The zero-order valence-corrected chi connectivity index (χ0v) is 15.8. The van der Waals surface area contributed by atoms with Gasteiger partial charge in [-0.15, -0.1) is 0 Å². The molecule has 2 aliphatic heterocycles. The van der Waals surface area contributed by atoms with E-state index in [1.807, 2.05) is 6.07 Å². The Morgan fingerprint density at radius 1 is 1.07 bits per heavy atom. The van der Waals surface area contributed by atoms with Gasteiger partial charge in [0, 0.05) is 44.0 Å². The minimum absolute atomic E-state index is 0.0404. The van der Waals surface area contributed by atoms with Crippen LogP contribution >= 0.6 is 0 Å². The van der Waals surface area contributed by atoms with Crippen molar-refractivity contribution in [3.8, 4) is 5.75 Å². The van der Waals surface area contributed by atoms with Gasteiger partial charge in [-0.3, -0.25) is 4.90 Å². The summed E-state index contributed by atoms with van der Waals surface area (Å²) in [6.45, 7) is 5.42. The molecule has 2 saturated heterocycles. The smallest absolute Gasteiger partial charge is 0.119 e. The number of benzene rings is 2. The maximum atomic E-state index is 9.94. The number of aliphatic hydroxyl groups excluding tert-OH is 1. The van der Waals surface area contributed by atoms with Crippen LogP contribution in [-0.2, 0) is 17.7 Å². The van der Waals surface area contributed by atoms with E-state index in [2.05, 4.69) is 53.4 Å². The third-order valence-corrected chi connectivity index (χ3v) is 6.09. The van der Waals surface area contributed by atoms with Gasteiger partial charge in [0.05, 0.1) is 19.8 Å². The SMILES string of the molecule is OC[C@]12CCOC[C@H]1CN(Cc1ccc(OCCc3ccccc3)cc1)C2. The Labute approximate surface area is 161 Å². The van der Waals surface area contributed by atoms with E-state index >= 15 is 0 Å². The van der Waals surface area contributed by atoms with Gasteiger partial charge in [0.2, 0.25) is 0 Å². The summed E-state index contributed by atoms with van der Waals surface area (Å²) in [5.41, 5.74) is 2.63. The third kappa shape index (κ3) is 4.34. The number of rotatable bonds is 7. The number of hydrogen-bond donors (Lipinski definition) is 1. The fourth-order valence-electron chi connectivity index (χ4n) is 4.42. The second-order valence-electron chi connectivity index (χ2n) is 7.94. The van der Waals surface area contributed by atoms with Gasteiger partial charge < -0.3 is 14.6 Å². The molecule has 4 rings (SSSR count). The Hall–Kier alpha value is -1.88. The predicted octanol–water partition coefficient (Wildman–Crippen LogP) is 3.14. The standard InChI is InChI=1S/C23H29NO3/c25-18-23-11-13-26-16-21(23)15-24(17-23)14-20-6-8-22(9-7-20)27-12-10-19-4-2-1-3-5-19/h1-9,21,25H,10-18H2/t21-,23-/m1/s1. The van der Waals surface area contributed by atoms with Gasteiger partial charge in [-0.25, -0.2) is 0 Å². The van der Waals surface area contributed by atoms with Crippen molar-refractivity contribution < 1.29 is 14.6 Å². The van der Waals surface area contributed by atoms with Crippen LogP contribution in [0.25, 0.3) is 0 Å². The van der Waals surface area contributed by atoms with E-state index in [-0.39, 0.29) is 12.0 Å². The molecule has 0 radical (unpaired) electrons. The first-order chi connectivity index (χ1) is 13.3. The minimum Gasteiger partial charge on any atom is -0.493 e. The number of hydrogen-bond acceptors (Lipinski definition) is 4. The molecule has 2 aromatic rings. The van der Waals surface area contributed by atoms with E-state index in [0.29, 0.717) is 12.5 Å². The highest BCUT2D eigenvalue weighted by molar-refractivity contribution is 5.27. The first-order valence-electron chi connectivity index (χ1n) is 9.94. The van der Waals surface area contributed by atoms with Crippen LogP contribution in [0.1, 0.15) is 17.5 Å². The van der Waals surface area contributed by atoms with Gasteiger partial charge in [-0.05, 0) is 29.7 Å². The topological polar surface area (TPSA) is 41.9 Å². The summed E-state index contributed by atoms with van der Waals surface area (Å²) in [6.07, 6.45) is 1.89. The van der Waals surface area contributed by atoms with Gasteiger partial charge in [0.1, 0.15) is 5.75 Å². The zero-order valence-electron chi connectivity index (χ0n) is 15.8. The van der Waals surface area contributed by atoms with E-state index in [4.69, 9.17) is 9.47 Å². The predicted molar refractivity (Wildman–Crippen MR) is 106 cm³/mol. The van der Waals surface area contributed by atoms with Gasteiger partial charge >= 0.3 is 0 Å². The molecule has 4 nitrogen and oxygen atoms in total. The van der Waals surface area contributed by atoms with Crippen molar-refractivity contribution in [2.24, 2.45) is 11.3 Å². The van der Waals surface area contributed by atoms with E-state index in [1.54, 1.807) is 0 Å². The Kier molecular flexibility index (Phi) is 5.77. The second-order valence-corrected chi connectivity index (χ2v) is 7.94. The van der Waals surface area contributed by atoms with Crippen molar-refractivity contribution in [3.63, 3.8) is 0 Å². The molecule has 2 aliphatic rings. The molecule has 0 aromatic heterocycles. The molecule has 2 fully saturated rings. The van der Waals surface area contributed by atoms with Gasteiger partial charge in [-0.1, -0.05) is 42.5 Å². The average Bonchev–Trinajstić information content (AvgIpc) is 3.08. The Morgan fingerprint density at radius 3 is 2.63 bits per heavy atom. The van der Waals surface area contributed by atoms with Crippen molar-refractivity contribution >= 4 is 0 Å². The highest BCUT2D eigenvalue weighted by Gasteiger charge is 2.47. The fourth-order valence-corrected chi connectivity index (χ4v) is 4.42. The second kappa shape index (κ2) is 8.42. The lowest BCUT2D eigenvalue weighted by atomic mass is 9.75. The van der Waals surface area contributed by atoms with Crippen LogP contribution < -0.4 is 4.74 Å². The van der Waals surface area contributed by atoms with E-state index in [1.165, 1.54) is 11.1 Å². The molecular weight excluding hydrogens is 338 g/mol. The molecule has 27 heavy (non-hydrogen) atoms. The fraction of sp³-hybridized carbons (Fsp3) is 0.478. The number of nitrogens with zero attached hydrogens (tertiary/aromatic N) is 1. The molecule has 4 heteroatoms. The van der Waals surface area contributed by atoms with Crippen LogP contribution in [0.5, 0.6) is 5.75 Å². The zero-order chi connectivity index (χ0) is 18.5. The van der Waals surface area contributed by atoms with Gasteiger partial charge in [-0.2, -0.15) is 0 Å². The average molecular weight is 367 g/mol. The van der Waals surface area contributed by atoms with E-state index in [9.17, 15) is 5.11 Å². The van der Waals surface area contributed by atoms with Gasteiger partial charge in [0.25, 0.3) is 0 Å². The molecule has 0 aliphatic carbocycles. The lowest BCUT2D eigenvalue weighted by Gasteiger charge is -2.36. The quantitative estimate of drug-likeness (QED) is 0.816. The van der Waals surface area contributed by atoms with Crippen LogP contribution in [0.4, 0.5) is 0 Å². The number of ether oxygens (including phenoxy) is 2. The van der Waals surface area contributed by atoms with Crippen LogP contribution in [0, 0.1) is 11.3 Å². The Balaban J connectivity index is 1.28. The van der Waals surface area contributed by atoms with Crippen molar-refractivity contribution in [2.45, 2.75) is 19.4 Å². The Morgan fingerprint density at radius 2 is 1.89 bits per heavy atom. The third-order valence-electron chi connectivity index (χ3n) is 6.09. The summed E-state index contributed by atoms with van der Waals surface area (Å²) in [7, 11) is 0. The summed E-state index contributed by atoms with van der Waals surface area (Å²) < 4.78 is 11.5. The highest BCUT2D eigenvalue weighted by atomic mass is 16.5. The summed E-state index contributed by atoms with van der Waals surface area (Å²) in [5.74, 6) is 1.38. The maximum Gasteiger partial charge on any atom is 0.119 e. The van der Waals surface area contributed by atoms with Crippen molar-refractivity contribution in [1.29, 1.82) is 0 Å². The van der Waals surface area contributed by atoms with Crippen LogP contribution in [-0.4, -0.2) is 49.5 Å². The monoisotopic (exact) mass is 367 g/mol. The van der Waals surface area contributed by atoms with Gasteiger partial charge in [0.15, 0.2) is 0 Å². The summed E-state index contributed by atoms with van der Waals surface area (Å²) >= 11 is 0. The molecule has 1 N–H and O–H groups in total. The van der Waals surface area contributed by atoms with E-state index < -0.39 is 0 Å². The number of likely N-dealkylation sites (tertiary alicyclic amines) is 1. The first-order valence-corrected chi connectivity index (χ1v) is 9.94. The number of fused-ring (bicyclic) bond motifs is 1. The Bertz CT molecular complexity index is 718. The molecule has 2 atom stereocenters. The summed E-state index contributed by atoms with van der Waals surface area (Å²) in [4.78, 5) is 2.46. The molecular formula is C23H29NO3. The van der Waals surface area contributed by atoms with Crippen molar-refractivity contribution in [3.05, 3.63) is 65.7 Å². The molecule has 0 amide bonds. The van der Waals surface area contributed by atoms with E-state index in [0.717, 1.165) is 51.4 Å². The minimum atomic E-state index is 0.0404. The summed E-state index contributed by atoms with van der Waals surface area (Å²) in [6, 6.07) is 18.9. The van der Waals surface area contributed by atoms with Crippen LogP contribution in [0.15, 0.2) is 54.6 Å². The lowest BCUT2D eigenvalue weighted by Crippen LogP contribution is -2.41. The lowest BCUT2D eigenvalue weighted by molar-refractivity contribution is -0.0417. The van der Waals surface area contributed by atoms with Crippen molar-refractivity contribution in [1.82, 2.24) is 4.90 Å². The van der Waals surface area contributed by atoms with Crippen LogP contribution in [0.2, 0.25) is 0 Å².